The zero-order valence-corrected chi connectivity index (χ0v) is 10.5. The highest BCUT2D eigenvalue weighted by Gasteiger charge is 2.07. The number of hydrogen-bond donors (Lipinski definition) is 1. The molecule has 2 aromatic heterocycles. The summed E-state index contributed by atoms with van der Waals surface area (Å²) in [5, 5.41) is 5.68. The van der Waals surface area contributed by atoms with Crippen LogP contribution in [0.3, 0.4) is 0 Å². The van der Waals surface area contributed by atoms with E-state index < -0.39 is 0 Å². The van der Waals surface area contributed by atoms with E-state index in [9.17, 15) is 0 Å². The largest absolute Gasteiger partial charge is 0.481 e. The van der Waals surface area contributed by atoms with Gasteiger partial charge in [-0.05, 0) is 6.92 Å². The van der Waals surface area contributed by atoms with Gasteiger partial charge in [0.1, 0.15) is 0 Å². The second-order valence-electron chi connectivity index (χ2n) is 3.20. The molecule has 0 aliphatic carbocycles. The summed E-state index contributed by atoms with van der Waals surface area (Å²) in [7, 11) is 3.08. The second kappa shape index (κ2) is 4.96. The molecule has 0 atom stereocenters. The lowest BCUT2D eigenvalue weighted by atomic mass is 10.6. The number of ether oxygens (including phenoxy) is 2. The van der Waals surface area contributed by atoms with Crippen molar-refractivity contribution in [1.82, 2.24) is 15.0 Å². The van der Waals surface area contributed by atoms with Gasteiger partial charge in [0, 0.05) is 5.38 Å². The summed E-state index contributed by atoms with van der Waals surface area (Å²) in [6.45, 7) is 1.93. The Morgan fingerprint density at radius 3 is 2.24 bits per heavy atom. The maximum atomic E-state index is 5.05. The first kappa shape index (κ1) is 11.6. The maximum absolute atomic E-state index is 5.05. The number of aryl methyl sites for hydroxylation is 1. The van der Waals surface area contributed by atoms with Crippen LogP contribution in [0, 0.1) is 6.92 Å². The third-order valence-electron chi connectivity index (χ3n) is 1.94. The Kier molecular flexibility index (Phi) is 3.38. The van der Waals surface area contributed by atoms with Gasteiger partial charge >= 0.3 is 0 Å². The lowest BCUT2D eigenvalue weighted by Gasteiger charge is -2.06. The monoisotopic (exact) mass is 252 g/mol. The van der Waals surface area contributed by atoms with Crippen molar-refractivity contribution in [3.63, 3.8) is 0 Å². The Balaban J connectivity index is 2.25. The fourth-order valence-corrected chi connectivity index (χ4v) is 1.86. The third kappa shape index (κ3) is 2.82. The molecule has 0 aliphatic rings. The van der Waals surface area contributed by atoms with E-state index in [1.807, 2.05) is 12.3 Å². The first-order valence-electron chi connectivity index (χ1n) is 4.87. The molecule has 2 heterocycles. The van der Waals surface area contributed by atoms with Crippen LogP contribution < -0.4 is 14.8 Å². The Hall–Kier alpha value is -1.89. The molecule has 0 unspecified atom stereocenters. The normalized spacial score (nSPS) is 10.1. The van der Waals surface area contributed by atoms with Crippen molar-refractivity contribution in [3.8, 4) is 11.8 Å². The SMILES string of the molecule is COc1cc(OC)nc(Nc2nc(C)cs2)n1. The van der Waals surface area contributed by atoms with Crippen LogP contribution >= 0.6 is 11.3 Å². The van der Waals surface area contributed by atoms with E-state index in [1.165, 1.54) is 11.3 Å². The molecule has 0 radical (unpaired) electrons. The lowest BCUT2D eigenvalue weighted by molar-refractivity contribution is 0.373. The fraction of sp³-hybridized carbons (Fsp3) is 0.300. The predicted octanol–water partition coefficient (Wildman–Crippen LogP) is 2.00. The minimum absolute atomic E-state index is 0.399. The van der Waals surface area contributed by atoms with Crippen LogP contribution in [0.1, 0.15) is 5.69 Å². The number of nitrogens with one attached hydrogen (secondary N) is 1. The average Bonchev–Trinajstić information content (AvgIpc) is 2.74. The topological polar surface area (TPSA) is 69.2 Å². The molecule has 0 saturated carbocycles. The highest BCUT2D eigenvalue weighted by molar-refractivity contribution is 7.13. The van der Waals surface area contributed by atoms with Crippen LogP contribution in [0.25, 0.3) is 0 Å². The summed E-state index contributed by atoms with van der Waals surface area (Å²) in [5.41, 5.74) is 0.951. The van der Waals surface area contributed by atoms with Gasteiger partial charge in [-0.25, -0.2) is 4.98 Å². The summed E-state index contributed by atoms with van der Waals surface area (Å²) in [4.78, 5) is 12.6. The molecule has 0 aliphatic heterocycles. The van der Waals surface area contributed by atoms with Gasteiger partial charge < -0.3 is 9.47 Å². The summed E-state index contributed by atoms with van der Waals surface area (Å²) >= 11 is 1.49. The number of hydrogen-bond acceptors (Lipinski definition) is 7. The number of thiazole rings is 1. The van der Waals surface area contributed by atoms with Crippen molar-refractivity contribution in [3.05, 3.63) is 17.1 Å². The van der Waals surface area contributed by atoms with Crippen molar-refractivity contribution in [2.75, 3.05) is 19.5 Å². The van der Waals surface area contributed by atoms with Crippen molar-refractivity contribution in [2.45, 2.75) is 6.92 Å². The number of methoxy groups -OCH3 is 2. The summed E-state index contributed by atoms with van der Waals surface area (Å²) < 4.78 is 10.1. The second-order valence-corrected chi connectivity index (χ2v) is 4.05. The first-order chi connectivity index (χ1) is 8.21. The van der Waals surface area contributed by atoms with E-state index >= 15 is 0 Å². The molecule has 90 valence electrons. The van der Waals surface area contributed by atoms with Crippen molar-refractivity contribution in [1.29, 1.82) is 0 Å². The van der Waals surface area contributed by atoms with E-state index in [0.29, 0.717) is 17.7 Å². The molecule has 7 heteroatoms. The summed E-state index contributed by atoms with van der Waals surface area (Å²) in [6, 6.07) is 1.61. The molecule has 17 heavy (non-hydrogen) atoms. The van der Waals surface area contributed by atoms with Gasteiger partial charge in [-0.2, -0.15) is 9.97 Å². The Bertz CT molecular complexity index is 493. The highest BCUT2D eigenvalue weighted by atomic mass is 32.1. The fourth-order valence-electron chi connectivity index (χ4n) is 1.18. The van der Waals surface area contributed by atoms with Gasteiger partial charge in [-0.15, -0.1) is 11.3 Å². The van der Waals surface area contributed by atoms with Gasteiger partial charge in [0.15, 0.2) is 5.13 Å². The molecule has 6 nitrogen and oxygen atoms in total. The van der Waals surface area contributed by atoms with Crippen LogP contribution in [0.15, 0.2) is 11.4 Å². The molecular weight excluding hydrogens is 240 g/mol. The van der Waals surface area contributed by atoms with E-state index in [0.717, 1.165) is 10.8 Å². The molecule has 2 rings (SSSR count). The van der Waals surface area contributed by atoms with Gasteiger partial charge in [0.25, 0.3) is 0 Å². The van der Waals surface area contributed by atoms with Gasteiger partial charge in [0.05, 0.1) is 26.0 Å². The number of rotatable bonds is 4. The zero-order valence-electron chi connectivity index (χ0n) is 9.72. The minimum atomic E-state index is 0.399. The minimum Gasteiger partial charge on any atom is -0.481 e. The van der Waals surface area contributed by atoms with Crippen LogP contribution in [-0.4, -0.2) is 29.2 Å². The molecule has 0 spiro atoms. The molecule has 0 saturated heterocycles. The summed E-state index contributed by atoms with van der Waals surface area (Å²) in [5.74, 6) is 1.27. The van der Waals surface area contributed by atoms with E-state index in [4.69, 9.17) is 9.47 Å². The van der Waals surface area contributed by atoms with Gasteiger partial charge in [-0.1, -0.05) is 0 Å². The average molecular weight is 252 g/mol. The van der Waals surface area contributed by atoms with Crippen molar-refractivity contribution < 1.29 is 9.47 Å². The lowest BCUT2D eigenvalue weighted by Crippen LogP contribution is -2.00. The highest BCUT2D eigenvalue weighted by Crippen LogP contribution is 2.22. The molecule has 0 fully saturated rings. The molecular formula is C10H12N4O2S. The smallest absolute Gasteiger partial charge is 0.235 e. The molecule has 2 aromatic rings. The van der Waals surface area contributed by atoms with Crippen molar-refractivity contribution >= 4 is 22.4 Å². The molecule has 0 amide bonds. The standard InChI is InChI=1S/C10H12N4O2S/c1-6-5-17-10(11-6)14-9-12-7(15-2)4-8(13-9)16-3/h4-5H,1-3H3,(H,11,12,13,14). The quantitative estimate of drug-likeness (QED) is 0.897. The van der Waals surface area contributed by atoms with Gasteiger partial charge in [-0.3, -0.25) is 5.32 Å². The first-order valence-corrected chi connectivity index (χ1v) is 5.75. The van der Waals surface area contributed by atoms with E-state index in [-0.39, 0.29) is 0 Å². The Morgan fingerprint density at radius 2 is 1.76 bits per heavy atom. The van der Waals surface area contributed by atoms with Crippen LogP contribution in [-0.2, 0) is 0 Å². The number of aromatic nitrogens is 3. The molecule has 1 N–H and O–H groups in total. The summed E-state index contributed by atoms with van der Waals surface area (Å²) in [6.07, 6.45) is 0. The number of nitrogens with zero attached hydrogens (tertiary/aromatic N) is 3. The Labute approximate surface area is 103 Å². The number of anilines is 2. The van der Waals surface area contributed by atoms with Crippen LogP contribution in [0.2, 0.25) is 0 Å². The van der Waals surface area contributed by atoms with Gasteiger partial charge in [0.2, 0.25) is 17.7 Å². The van der Waals surface area contributed by atoms with E-state index in [1.54, 1.807) is 20.3 Å². The zero-order chi connectivity index (χ0) is 12.3. The predicted molar refractivity (Wildman–Crippen MR) is 65.3 cm³/mol. The molecule has 0 aromatic carbocycles. The van der Waals surface area contributed by atoms with Crippen molar-refractivity contribution in [2.24, 2.45) is 0 Å². The Morgan fingerprint density at radius 1 is 1.12 bits per heavy atom. The maximum Gasteiger partial charge on any atom is 0.235 e. The van der Waals surface area contributed by atoms with E-state index in [2.05, 4.69) is 20.3 Å². The third-order valence-corrected chi connectivity index (χ3v) is 2.81. The van der Waals surface area contributed by atoms with Crippen LogP contribution in [0.4, 0.5) is 11.1 Å². The molecule has 0 bridgehead atoms. The van der Waals surface area contributed by atoms with Crippen LogP contribution in [0.5, 0.6) is 11.8 Å².